The van der Waals surface area contributed by atoms with Crippen LogP contribution in [0.25, 0.3) is 11.1 Å². The zero-order chi connectivity index (χ0) is 19.7. The lowest BCUT2D eigenvalue weighted by molar-refractivity contribution is 0.345. The third-order valence-electron chi connectivity index (χ3n) is 5.50. The van der Waals surface area contributed by atoms with E-state index in [0.717, 1.165) is 42.5 Å². The fourth-order valence-electron chi connectivity index (χ4n) is 4.05. The van der Waals surface area contributed by atoms with Crippen molar-refractivity contribution in [3.63, 3.8) is 0 Å². The van der Waals surface area contributed by atoms with Crippen molar-refractivity contribution in [1.82, 2.24) is 18.6 Å². The van der Waals surface area contributed by atoms with Gasteiger partial charge in [0.1, 0.15) is 0 Å². The van der Waals surface area contributed by atoms with Gasteiger partial charge in [-0.3, -0.25) is 0 Å². The molecule has 7 nitrogen and oxygen atoms in total. The summed E-state index contributed by atoms with van der Waals surface area (Å²) < 4.78 is 29.9. The normalized spacial score (nSPS) is 21.3. The van der Waals surface area contributed by atoms with Crippen molar-refractivity contribution in [2.75, 3.05) is 38.6 Å². The SMILES string of the molecule is CN(C)c1ncc(-c2ccccc2)c([C@@H]2CCCN2S(=O)(=O)N2CCCC2)n1. The third-order valence-corrected chi connectivity index (χ3v) is 7.54. The Hall–Kier alpha value is -2.03. The molecule has 2 fully saturated rings. The highest BCUT2D eigenvalue weighted by Crippen LogP contribution is 2.39. The molecule has 2 aromatic rings. The van der Waals surface area contributed by atoms with Crippen molar-refractivity contribution in [2.45, 2.75) is 31.7 Å². The van der Waals surface area contributed by atoms with Gasteiger partial charge >= 0.3 is 0 Å². The van der Waals surface area contributed by atoms with Crippen LogP contribution in [0.15, 0.2) is 36.5 Å². The second-order valence-corrected chi connectivity index (χ2v) is 9.49. The van der Waals surface area contributed by atoms with E-state index in [1.807, 2.05) is 55.5 Å². The van der Waals surface area contributed by atoms with Crippen LogP contribution in [0.5, 0.6) is 0 Å². The molecule has 0 amide bonds. The van der Waals surface area contributed by atoms with Crippen LogP contribution < -0.4 is 4.90 Å². The van der Waals surface area contributed by atoms with Gasteiger partial charge in [-0.05, 0) is 31.2 Å². The Morgan fingerprint density at radius 1 is 1.04 bits per heavy atom. The summed E-state index contributed by atoms with van der Waals surface area (Å²) in [6, 6.07) is 9.70. The first-order chi connectivity index (χ1) is 13.5. The van der Waals surface area contributed by atoms with Crippen molar-refractivity contribution in [1.29, 1.82) is 0 Å². The fraction of sp³-hybridized carbons (Fsp3) is 0.500. The summed E-state index contributed by atoms with van der Waals surface area (Å²) in [6.07, 6.45) is 5.31. The van der Waals surface area contributed by atoms with Gasteiger partial charge in [-0.15, -0.1) is 0 Å². The molecule has 2 aliphatic heterocycles. The highest BCUT2D eigenvalue weighted by Gasteiger charge is 2.41. The molecule has 0 N–H and O–H groups in total. The Morgan fingerprint density at radius 3 is 2.43 bits per heavy atom. The molecule has 1 atom stereocenters. The van der Waals surface area contributed by atoms with E-state index >= 15 is 0 Å². The van der Waals surface area contributed by atoms with Gasteiger partial charge in [-0.1, -0.05) is 30.3 Å². The number of hydrogen-bond acceptors (Lipinski definition) is 5. The minimum absolute atomic E-state index is 0.262. The minimum Gasteiger partial charge on any atom is -0.347 e. The van der Waals surface area contributed by atoms with E-state index in [4.69, 9.17) is 4.98 Å². The van der Waals surface area contributed by atoms with Gasteiger partial charge in [-0.2, -0.15) is 17.0 Å². The first-order valence-corrected chi connectivity index (χ1v) is 11.2. The van der Waals surface area contributed by atoms with Gasteiger partial charge in [-0.25, -0.2) is 9.97 Å². The Labute approximate surface area is 167 Å². The monoisotopic (exact) mass is 401 g/mol. The van der Waals surface area contributed by atoms with E-state index in [1.165, 1.54) is 0 Å². The molecular weight excluding hydrogens is 374 g/mol. The van der Waals surface area contributed by atoms with Crippen LogP contribution >= 0.6 is 0 Å². The summed E-state index contributed by atoms with van der Waals surface area (Å²) in [7, 11) is 0.320. The number of benzene rings is 1. The van der Waals surface area contributed by atoms with Crippen molar-refractivity contribution >= 4 is 16.2 Å². The van der Waals surface area contributed by atoms with E-state index in [9.17, 15) is 8.42 Å². The van der Waals surface area contributed by atoms with Crippen LogP contribution in [0.1, 0.15) is 37.4 Å². The average Bonchev–Trinajstić information content (AvgIpc) is 3.40. The van der Waals surface area contributed by atoms with E-state index in [-0.39, 0.29) is 6.04 Å². The molecule has 0 unspecified atom stereocenters. The average molecular weight is 402 g/mol. The molecule has 8 heteroatoms. The Balaban J connectivity index is 1.79. The maximum atomic E-state index is 13.3. The molecule has 28 heavy (non-hydrogen) atoms. The highest BCUT2D eigenvalue weighted by atomic mass is 32.2. The third kappa shape index (κ3) is 3.52. The molecule has 0 aliphatic carbocycles. The molecule has 3 heterocycles. The van der Waals surface area contributed by atoms with Crippen LogP contribution in [0.4, 0.5) is 5.95 Å². The Kier molecular flexibility index (Phi) is 5.35. The topological polar surface area (TPSA) is 69.6 Å². The van der Waals surface area contributed by atoms with E-state index in [0.29, 0.717) is 25.6 Å². The van der Waals surface area contributed by atoms with Crippen molar-refractivity contribution in [3.8, 4) is 11.1 Å². The van der Waals surface area contributed by atoms with Crippen molar-refractivity contribution in [3.05, 3.63) is 42.2 Å². The van der Waals surface area contributed by atoms with Crippen LogP contribution in [0, 0.1) is 0 Å². The van der Waals surface area contributed by atoms with Crippen LogP contribution in [-0.2, 0) is 10.2 Å². The van der Waals surface area contributed by atoms with Gasteiger partial charge in [0.15, 0.2) is 0 Å². The summed E-state index contributed by atoms with van der Waals surface area (Å²) >= 11 is 0. The van der Waals surface area contributed by atoms with Crippen LogP contribution in [0.3, 0.4) is 0 Å². The molecule has 0 radical (unpaired) electrons. The van der Waals surface area contributed by atoms with Gasteiger partial charge in [0, 0.05) is 45.5 Å². The van der Waals surface area contributed by atoms with Gasteiger partial charge in [0.25, 0.3) is 10.2 Å². The second kappa shape index (κ2) is 7.77. The summed E-state index contributed by atoms with van der Waals surface area (Å²) in [5, 5.41) is 0. The van der Waals surface area contributed by atoms with Gasteiger partial charge in [0.05, 0.1) is 11.7 Å². The zero-order valence-corrected chi connectivity index (χ0v) is 17.3. The molecular formula is C20H27N5O2S. The van der Waals surface area contributed by atoms with Gasteiger partial charge in [0.2, 0.25) is 5.95 Å². The molecule has 150 valence electrons. The molecule has 1 aromatic carbocycles. The van der Waals surface area contributed by atoms with E-state index in [2.05, 4.69) is 4.98 Å². The first-order valence-electron chi connectivity index (χ1n) is 9.85. The van der Waals surface area contributed by atoms with Crippen molar-refractivity contribution in [2.24, 2.45) is 0 Å². The number of nitrogens with zero attached hydrogens (tertiary/aromatic N) is 5. The van der Waals surface area contributed by atoms with Crippen molar-refractivity contribution < 1.29 is 8.42 Å². The number of anilines is 1. The molecule has 0 spiro atoms. The maximum absolute atomic E-state index is 13.3. The molecule has 4 rings (SSSR count). The lowest BCUT2D eigenvalue weighted by Crippen LogP contribution is -2.42. The lowest BCUT2D eigenvalue weighted by Gasteiger charge is -2.29. The Bertz CT molecular complexity index is 927. The maximum Gasteiger partial charge on any atom is 0.282 e. The number of hydrogen-bond donors (Lipinski definition) is 0. The fourth-order valence-corrected chi connectivity index (χ4v) is 5.95. The first kappa shape index (κ1) is 19.3. The predicted octanol–water partition coefficient (Wildman–Crippen LogP) is 2.69. The minimum atomic E-state index is -3.48. The largest absolute Gasteiger partial charge is 0.347 e. The summed E-state index contributed by atoms with van der Waals surface area (Å²) in [6.45, 7) is 1.77. The zero-order valence-electron chi connectivity index (χ0n) is 16.5. The van der Waals surface area contributed by atoms with Crippen LogP contribution in [0.2, 0.25) is 0 Å². The molecule has 2 aliphatic rings. The Morgan fingerprint density at radius 2 is 1.75 bits per heavy atom. The van der Waals surface area contributed by atoms with E-state index in [1.54, 1.807) is 8.61 Å². The highest BCUT2D eigenvalue weighted by molar-refractivity contribution is 7.86. The smallest absolute Gasteiger partial charge is 0.282 e. The standard InChI is InChI=1S/C20H27N5O2S/c1-23(2)20-21-15-17(16-9-4-3-5-10-16)19(22-20)18-11-8-14-25(18)28(26,27)24-12-6-7-13-24/h3-5,9-10,15,18H,6-8,11-14H2,1-2H3/t18-/m0/s1. The predicted molar refractivity (Wildman–Crippen MR) is 110 cm³/mol. The number of aromatic nitrogens is 2. The number of rotatable bonds is 5. The quantitative estimate of drug-likeness (QED) is 0.770. The molecule has 1 aromatic heterocycles. The summed E-state index contributed by atoms with van der Waals surface area (Å²) in [4.78, 5) is 11.2. The van der Waals surface area contributed by atoms with E-state index < -0.39 is 10.2 Å². The summed E-state index contributed by atoms with van der Waals surface area (Å²) in [5.74, 6) is 0.597. The lowest BCUT2D eigenvalue weighted by atomic mass is 10.0. The van der Waals surface area contributed by atoms with Gasteiger partial charge < -0.3 is 4.90 Å². The molecule has 0 bridgehead atoms. The second-order valence-electron chi connectivity index (χ2n) is 7.61. The molecule has 2 saturated heterocycles. The van der Waals surface area contributed by atoms with Crippen LogP contribution in [-0.4, -0.2) is 60.7 Å². The molecule has 0 saturated carbocycles. The summed E-state index contributed by atoms with van der Waals surface area (Å²) in [5.41, 5.74) is 2.71.